The van der Waals surface area contributed by atoms with E-state index < -0.39 is 0 Å². The van der Waals surface area contributed by atoms with Crippen LogP contribution in [0.2, 0.25) is 5.02 Å². The summed E-state index contributed by atoms with van der Waals surface area (Å²) < 4.78 is 5.95. The number of ether oxygens (including phenoxy) is 1. The Morgan fingerprint density at radius 1 is 1.28 bits per heavy atom. The lowest BCUT2D eigenvalue weighted by atomic mass is 9.75. The lowest BCUT2D eigenvalue weighted by Crippen LogP contribution is -3.09. The van der Waals surface area contributed by atoms with Crippen molar-refractivity contribution in [3.8, 4) is 0 Å². The topological polar surface area (TPSA) is 30.3 Å². The van der Waals surface area contributed by atoms with Gasteiger partial charge in [0.05, 0.1) is 26.2 Å². The van der Waals surface area contributed by atoms with E-state index in [0.717, 1.165) is 30.4 Å². The van der Waals surface area contributed by atoms with Crippen molar-refractivity contribution in [1.29, 1.82) is 0 Å². The van der Waals surface area contributed by atoms with E-state index in [-0.39, 0.29) is 5.60 Å². The van der Waals surface area contributed by atoms with E-state index in [9.17, 15) is 0 Å². The number of likely N-dealkylation sites (N-methyl/N-ethyl adjacent to an activating group) is 1. The Kier molecular flexibility index (Phi) is 8.21. The minimum Gasteiger partial charge on any atom is -0.376 e. The molecule has 1 aromatic rings. The molecule has 0 bridgehead atoms. The molecule has 25 heavy (non-hydrogen) atoms. The first-order valence-electron chi connectivity index (χ1n) is 9.85. The van der Waals surface area contributed by atoms with Crippen molar-refractivity contribution in [2.24, 2.45) is 11.8 Å². The molecule has 1 saturated heterocycles. The zero-order chi connectivity index (χ0) is 18.3. The molecule has 3 N–H and O–H groups in total. The van der Waals surface area contributed by atoms with Crippen LogP contribution in [0, 0.1) is 11.8 Å². The first-order chi connectivity index (χ1) is 11.9. The molecule has 0 radical (unpaired) electrons. The second-order valence-electron chi connectivity index (χ2n) is 8.53. The Hall–Kier alpha value is -0.610. The van der Waals surface area contributed by atoms with Crippen LogP contribution >= 0.6 is 11.6 Å². The zero-order valence-electron chi connectivity index (χ0n) is 16.5. The quantitative estimate of drug-likeness (QED) is 0.640. The van der Waals surface area contributed by atoms with Crippen LogP contribution in [-0.4, -0.2) is 45.9 Å². The summed E-state index contributed by atoms with van der Waals surface area (Å²) in [7, 11) is 4.44. The minimum atomic E-state index is 0.0135. The van der Waals surface area contributed by atoms with Crippen molar-refractivity contribution < 1.29 is 15.0 Å². The number of rotatable bonds is 9. The molecule has 1 fully saturated rings. The standard InChI is InChI=1S/C21H35ClN2O/c1-21(2)16-19(10-14-25-21)17(9-11-23-12-13-24(3)4)15-18-7-5-6-8-20(18)22/h5-8,17,19,23H,9-16H2,1-4H3/p+2/t17-,19-/m1/s1. The molecule has 1 aliphatic heterocycles. The van der Waals surface area contributed by atoms with Crippen molar-refractivity contribution in [2.45, 2.75) is 45.1 Å². The molecule has 0 amide bonds. The fourth-order valence-electron chi connectivity index (χ4n) is 4.00. The fraction of sp³-hybridized carbons (Fsp3) is 0.714. The van der Waals surface area contributed by atoms with Gasteiger partial charge < -0.3 is 15.0 Å². The summed E-state index contributed by atoms with van der Waals surface area (Å²) in [4.78, 5) is 1.52. The largest absolute Gasteiger partial charge is 0.376 e. The third-order valence-electron chi connectivity index (χ3n) is 5.43. The minimum absolute atomic E-state index is 0.0135. The van der Waals surface area contributed by atoms with Gasteiger partial charge in [-0.05, 0) is 63.0 Å². The number of benzene rings is 1. The van der Waals surface area contributed by atoms with E-state index in [1.54, 1.807) is 0 Å². The van der Waals surface area contributed by atoms with Gasteiger partial charge >= 0.3 is 0 Å². The van der Waals surface area contributed by atoms with Gasteiger partial charge in [0.1, 0.15) is 13.1 Å². The van der Waals surface area contributed by atoms with Crippen molar-refractivity contribution in [1.82, 2.24) is 0 Å². The maximum absolute atomic E-state index is 6.45. The highest BCUT2D eigenvalue weighted by Gasteiger charge is 2.33. The smallest absolute Gasteiger partial charge is 0.126 e. The van der Waals surface area contributed by atoms with Crippen LogP contribution in [0.15, 0.2) is 24.3 Å². The average molecular weight is 369 g/mol. The number of hydrogen-bond acceptors (Lipinski definition) is 1. The van der Waals surface area contributed by atoms with Crippen molar-refractivity contribution in [3.63, 3.8) is 0 Å². The van der Waals surface area contributed by atoms with E-state index in [1.807, 2.05) is 12.1 Å². The second kappa shape index (κ2) is 9.91. The molecule has 0 aromatic heterocycles. The van der Waals surface area contributed by atoms with Crippen LogP contribution in [0.4, 0.5) is 0 Å². The summed E-state index contributed by atoms with van der Waals surface area (Å²) in [5.41, 5.74) is 1.32. The first-order valence-corrected chi connectivity index (χ1v) is 10.2. The Bertz CT molecular complexity index is 518. The lowest BCUT2D eigenvalue weighted by Gasteiger charge is -2.39. The van der Waals surface area contributed by atoms with Crippen LogP contribution in [0.3, 0.4) is 0 Å². The molecule has 0 saturated carbocycles. The van der Waals surface area contributed by atoms with Crippen molar-refractivity contribution >= 4 is 11.6 Å². The molecule has 1 heterocycles. The maximum Gasteiger partial charge on any atom is 0.126 e. The van der Waals surface area contributed by atoms with Crippen LogP contribution in [-0.2, 0) is 11.2 Å². The summed E-state index contributed by atoms with van der Waals surface area (Å²) in [6.07, 6.45) is 4.69. The second-order valence-corrected chi connectivity index (χ2v) is 8.94. The van der Waals surface area contributed by atoms with Crippen molar-refractivity contribution in [3.05, 3.63) is 34.9 Å². The van der Waals surface area contributed by atoms with Gasteiger partial charge in [-0.1, -0.05) is 29.8 Å². The number of quaternary nitrogens is 2. The Balaban J connectivity index is 1.97. The molecule has 1 aromatic carbocycles. The molecule has 1 aliphatic rings. The van der Waals surface area contributed by atoms with Gasteiger partial charge in [0.25, 0.3) is 0 Å². The summed E-state index contributed by atoms with van der Waals surface area (Å²) in [6.45, 7) is 9.00. The molecule has 0 unspecified atom stereocenters. The van der Waals surface area contributed by atoms with Gasteiger partial charge in [0, 0.05) is 11.6 Å². The molecule has 2 rings (SSSR count). The van der Waals surface area contributed by atoms with Crippen LogP contribution in [0.25, 0.3) is 0 Å². The Labute approximate surface area is 159 Å². The summed E-state index contributed by atoms with van der Waals surface area (Å²) in [6, 6.07) is 8.35. The highest BCUT2D eigenvalue weighted by atomic mass is 35.5. The normalized spacial score (nSPS) is 21.4. The van der Waals surface area contributed by atoms with Gasteiger partial charge in [-0.3, -0.25) is 0 Å². The monoisotopic (exact) mass is 368 g/mol. The predicted molar refractivity (Wildman–Crippen MR) is 105 cm³/mol. The van der Waals surface area contributed by atoms with Crippen LogP contribution in [0.1, 0.15) is 38.7 Å². The molecule has 4 heteroatoms. The predicted octanol–water partition coefficient (Wildman–Crippen LogP) is 1.80. The zero-order valence-corrected chi connectivity index (χ0v) is 17.2. The van der Waals surface area contributed by atoms with E-state index in [2.05, 4.69) is 45.4 Å². The highest BCUT2D eigenvalue weighted by molar-refractivity contribution is 6.31. The Morgan fingerprint density at radius 2 is 2.04 bits per heavy atom. The molecule has 2 atom stereocenters. The molecule has 0 spiro atoms. The van der Waals surface area contributed by atoms with Gasteiger partial charge in [0.15, 0.2) is 0 Å². The van der Waals surface area contributed by atoms with Crippen LogP contribution in [0.5, 0.6) is 0 Å². The summed E-state index contributed by atoms with van der Waals surface area (Å²) >= 11 is 6.45. The average Bonchev–Trinajstić information content (AvgIpc) is 2.54. The molecule has 0 aliphatic carbocycles. The molecule has 3 nitrogen and oxygen atoms in total. The van der Waals surface area contributed by atoms with E-state index in [1.165, 1.54) is 42.9 Å². The lowest BCUT2D eigenvalue weighted by molar-refractivity contribution is -0.874. The fourth-order valence-corrected chi connectivity index (χ4v) is 4.21. The third-order valence-corrected chi connectivity index (χ3v) is 5.80. The molecular formula is C21H37ClN2O+2. The third kappa shape index (κ3) is 7.26. The number of hydrogen-bond donors (Lipinski definition) is 2. The molecule has 142 valence electrons. The van der Waals surface area contributed by atoms with E-state index >= 15 is 0 Å². The van der Waals surface area contributed by atoms with E-state index in [4.69, 9.17) is 16.3 Å². The molecular weight excluding hydrogens is 332 g/mol. The van der Waals surface area contributed by atoms with Gasteiger partial charge in [-0.2, -0.15) is 0 Å². The van der Waals surface area contributed by atoms with E-state index in [0.29, 0.717) is 5.92 Å². The highest BCUT2D eigenvalue weighted by Crippen LogP contribution is 2.36. The van der Waals surface area contributed by atoms with Gasteiger partial charge in [-0.15, -0.1) is 0 Å². The van der Waals surface area contributed by atoms with Crippen LogP contribution < -0.4 is 10.2 Å². The van der Waals surface area contributed by atoms with Gasteiger partial charge in [0.2, 0.25) is 0 Å². The summed E-state index contributed by atoms with van der Waals surface area (Å²) in [5, 5.41) is 3.40. The maximum atomic E-state index is 6.45. The number of nitrogens with two attached hydrogens (primary N) is 1. The number of nitrogens with one attached hydrogen (secondary N) is 1. The van der Waals surface area contributed by atoms with Crippen molar-refractivity contribution in [2.75, 3.05) is 40.3 Å². The van der Waals surface area contributed by atoms with Gasteiger partial charge in [-0.25, -0.2) is 0 Å². The number of halogens is 1. The Morgan fingerprint density at radius 3 is 2.72 bits per heavy atom. The first kappa shape index (κ1) is 20.7. The SMILES string of the molecule is C[NH+](C)CC[NH2+]CC[C@H](Cc1ccccc1Cl)[C@@H]1CCOC(C)(C)C1. The summed E-state index contributed by atoms with van der Waals surface area (Å²) in [5.74, 6) is 1.42.